The third-order valence-electron chi connectivity index (χ3n) is 3.65. The third kappa shape index (κ3) is 5.54. The number of anilines is 1. The molecule has 1 N–H and O–H groups in total. The minimum atomic E-state index is -0.844. The molecule has 138 valence electrons. The minimum Gasteiger partial charge on any atom is -0.489 e. The topological polar surface area (TPSA) is 47.6 Å². The van der Waals surface area contributed by atoms with Crippen LogP contribution in [0, 0.1) is 11.6 Å². The Balaban J connectivity index is 1.47. The van der Waals surface area contributed by atoms with Gasteiger partial charge in [0.1, 0.15) is 29.7 Å². The van der Waals surface area contributed by atoms with E-state index in [0.717, 1.165) is 17.7 Å². The van der Waals surface area contributed by atoms with E-state index in [1.165, 1.54) is 0 Å². The highest BCUT2D eigenvalue weighted by Gasteiger charge is 2.09. The van der Waals surface area contributed by atoms with E-state index in [-0.39, 0.29) is 12.3 Å². The molecule has 4 nitrogen and oxygen atoms in total. The van der Waals surface area contributed by atoms with Gasteiger partial charge in [0.25, 0.3) is 5.91 Å². The van der Waals surface area contributed by atoms with E-state index in [9.17, 15) is 13.6 Å². The summed E-state index contributed by atoms with van der Waals surface area (Å²) >= 11 is 0. The Kier molecular flexibility index (Phi) is 5.99. The highest BCUT2D eigenvalue weighted by molar-refractivity contribution is 5.91. The van der Waals surface area contributed by atoms with Crippen LogP contribution in [0.3, 0.4) is 0 Å². The summed E-state index contributed by atoms with van der Waals surface area (Å²) in [5.74, 6) is -0.967. The highest BCUT2D eigenvalue weighted by Crippen LogP contribution is 2.19. The van der Waals surface area contributed by atoms with E-state index in [4.69, 9.17) is 9.47 Å². The Bertz CT molecular complexity index is 899. The number of amides is 1. The van der Waals surface area contributed by atoms with Crippen LogP contribution in [-0.4, -0.2) is 12.5 Å². The van der Waals surface area contributed by atoms with Gasteiger partial charge >= 0.3 is 0 Å². The Morgan fingerprint density at radius 2 is 1.52 bits per heavy atom. The number of hydrogen-bond acceptors (Lipinski definition) is 3. The summed E-state index contributed by atoms with van der Waals surface area (Å²) in [6, 6.07) is 19.5. The van der Waals surface area contributed by atoms with E-state index >= 15 is 0 Å². The quantitative estimate of drug-likeness (QED) is 0.664. The van der Waals surface area contributed by atoms with Gasteiger partial charge in [-0.3, -0.25) is 4.79 Å². The van der Waals surface area contributed by atoms with E-state index in [0.29, 0.717) is 24.2 Å². The molecule has 0 aromatic heterocycles. The zero-order valence-electron chi connectivity index (χ0n) is 14.3. The Hall–Kier alpha value is -3.41. The number of benzene rings is 3. The lowest BCUT2D eigenvalue weighted by atomic mass is 10.2. The maximum Gasteiger partial charge on any atom is 0.262 e. The summed E-state index contributed by atoms with van der Waals surface area (Å²) in [5.41, 5.74) is 0.956. The number of halogens is 2. The van der Waals surface area contributed by atoms with Crippen molar-refractivity contribution in [2.75, 3.05) is 11.9 Å². The fraction of sp³-hybridized carbons (Fsp3) is 0.0952. The minimum absolute atomic E-state index is 0.102. The molecule has 0 aliphatic heterocycles. The summed E-state index contributed by atoms with van der Waals surface area (Å²) in [5, 5.41) is 2.33. The molecule has 3 aromatic rings. The molecule has 3 rings (SSSR count). The van der Waals surface area contributed by atoms with Crippen LogP contribution < -0.4 is 14.8 Å². The largest absolute Gasteiger partial charge is 0.489 e. The van der Waals surface area contributed by atoms with Crippen LogP contribution in [0.5, 0.6) is 11.5 Å². The van der Waals surface area contributed by atoms with Gasteiger partial charge in [-0.25, -0.2) is 8.78 Å². The predicted molar refractivity (Wildman–Crippen MR) is 97.7 cm³/mol. The molecular formula is C21H17F2NO3. The van der Waals surface area contributed by atoms with Crippen molar-refractivity contribution in [3.8, 4) is 11.5 Å². The first-order valence-corrected chi connectivity index (χ1v) is 8.24. The van der Waals surface area contributed by atoms with Crippen LogP contribution in [0.25, 0.3) is 0 Å². The summed E-state index contributed by atoms with van der Waals surface area (Å²) in [7, 11) is 0. The molecule has 27 heavy (non-hydrogen) atoms. The molecule has 0 radical (unpaired) electrons. The monoisotopic (exact) mass is 369 g/mol. The molecule has 1 amide bonds. The van der Waals surface area contributed by atoms with Gasteiger partial charge in [0.15, 0.2) is 6.61 Å². The van der Waals surface area contributed by atoms with Gasteiger partial charge in [-0.15, -0.1) is 0 Å². The van der Waals surface area contributed by atoms with Gasteiger partial charge in [-0.05, 0) is 42.0 Å². The van der Waals surface area contributed by atoms with Crippen LogP contribution in [0.2, 0.25) is 0 Å². The lowest BCUT2D eigenvalue weighted by Crippen LogP contribution is -2.20. The van der Waals surface area contributed by atoms with E-state index in [2.05, 4.69) is 5.32 Å². The van der Waals surface area contributed by atoms with Gasteiger partial charge in [-0.1, -0.05) is 30.3 Å². The van der Waals surface area contributed by atoms with Gasteiger partial charge in [0.05, 0.1) is 5.69 Å². The molecule has 0 saturated heterocycles. The molecular weight excluding hydrogens is 352 g/mol. The van der Waals surface area contributed by atoms with Gasteiger partial charge in [0.2, 0.25) is 0 Å². The molecule has 0 aliphatic rings. The standard InChI is InChI=1S/C21H17F2NO3/c22-16-6-11-20(19(23)12-16)24-21(25)14-27-18-9-7-17(8-10-18)26-13-15-4-2-1-3-5-15/h1-12H,13-14H2,(H,24,25). The highest BCUT2D eigenvalue weighted by atomic mass is 19.1. The Morgan fingerprint density at radius 1 is 0.852 bits per heavy atom. The molecule has 6 heteroatoms. The average Bonchev–Trinajstić information content (AvgIpc) is 2.68. The Labute approximate surface area is 155 Å². The second-order valence-electron chi connectivity index (χ2n) is 5.71. The van der Waals surface area contributed by atoms with Crippen molar-refractivity contribution < 1.29 is 23.0 Å². The molecule has 0 aliphatic carbocycles. The lowest BCUT2D eigenvalue weighted by molar-refractivity contribution is -0.118. The van der Waals surface area contributed by atoms with E-state index in [1.54, 1.807) is 24.3 Å². The molecule has 0 bridgehead atoms. The summed E-state index contributed by atoms with van der Waals surface area (Å²) in [4.78, 5) is 11.8. The fourth-order valence-corrected chi connectivity index (χ4v) is 2.30. The molecule has 3 aromatic carbocycles. The molecule has 0 fully saturated rings. The number of carbonyl (C=O) groups excluding carboxylic acids is 1. The maximum atomic E-state index is 13.5. The average molecular weight is 369 g/mol. The molecule has 0 unspecified atom stereocenters. The zero-order valence-corrected chi connectivity index (χ0v) is 14.3. The summed E-state index contributed by atoms with van der Waals surface area (Å²) in [6.07, 6.45) is 0. The normalized spacial score (nSPS) is 10.3. The van der Waals surface area contributed by atoms with Crippen LogP contribution in [0.1, 0.15) is 5.56 Å². The van der Waals surface area contributed by atoms with Gasteiger partial charge in [-0.2, -0.15) is 0 Å². The van der Waals surface area contributed by atoms with Crippen molar-refractivity contribution >= 4 is 11.6 Å². The fourth-order valence-electron chi connectivity index (χ4n) is 2.30. The van der Waals surface area contributed by atoms with Crippen molar-refractivity contribution in [2.24, 2.45) is 0 Å². The molecule has 0 spiro atoms. The molecule has 0 heterocycles. The van der Waals surface area contributed by atoms with E-state index < -0.39 is 17.5 Å². The maximum absolute atomic E-state index is 13.5. The molecule has 0 atom stereocenters. The second-order valence-corrected chi connectivity index (χ2v) is 5.71. The number of rotatable bonds is 7. The van der Waals surface area contributed by atoms with Gasteiger partial charge < -0.3 is 14.8 Å². The van der Waals surface area contributed by atoms with Crippen LogP contribution in [0.4, 0.5) is 14.5 Å². The number of nitrogens with one attached hydrogen (secondary N) is 1. The lowest BCUT2D eigenvalue weighted by Gasteiger charge is -2.10. The van der Waals surface area contributed by atoms with Crippen molar-refractivity contribution in [3.63, 3.8) is 0 Å². The molecule has 0 saturated carbocycles. The van der Waals surface area contributed by atoms with Crippen molar-refractivity contribution in [3.05, 3.63) is 90.0 Å². The van der Waals surface area contributed by atoms with E-state index in [1.807, 2.05) is 30.3 Å². The predicted octanol–water partition coefficient (Wildman–Crippen LogP) is 4.56. The van der Waals surface area contributed by atoms with Crippen LogP contribution >= 0.6 is 0 Å². The smallest absolute Gasteiger partial charge is 0.262 e. The van der Waals surface area contributed by atoms with Crippen LogP contribution in [0.15, 0.2) is 72.8 Å². The van der Waals surface area contributed by atoms with Gasteiger partial charge in [0, 0.05) is 6.07 Å². The number of carbonyl (C=O) groups is 1. The number of hydrogen-bond donors (Lipinski definition) is 1. The first-order valence-electron chi connectivity index (χ1n) is 8.24. The summed E-state index contributed by atoms with van der Waals surface area (Å²) in [6.45, 7) is 0.147. The SMILES string of the molecule is O=C(COc1ccc(OCc2ccccc2)cc1)Nc1ccc(F)cc1F. The first kappa shape index (κ1) is 18.4. The first-order chi connectivity index (χ1) is 13.1. The van der Waals surface area contributed by atoms with Crippen LogP contribution in [-0.2, 0) is 11.4 Å². The van der Waals surface area contributed by atoms with Crippen molar-refractivity contribution in [1.82, 2.24) is 0 Å². The number of ether oxygens (including phenoxy) is 2. The Morgan fingerprint density at radius 3 is 2.19 bits per heavy atom. The van der Waals surface area contributed by atoms with Crippen molar-refractivity contribution in [1.29, 1.82) is 0 Å². The zero-order chi connectivity index (χ0) is 19.1. The second kappa shape index (κ2) is 8.80. The third-order valence-corrected chi connectivity index (χ3v) is 3.65. The van der Waals surface area contributed by atoms with Crippen molar-refractivity contribution in [2.45, 2.75) is 6.61 Å². The summed E-state index contributed by atoms with van der Waals surface area (Å²) < 4.78 is 37.4.